The number of amides is 1. The van der Waals surface area contributed by atoms with E-state index in [0.29, 0.717) is 37.2 Å². The number of aromatic nitrogens is 4. The molecule has 1 aliphatic heterocycles. The van der Waals surface area contributed by atoms with E-state index in [1.54, 1.807) is 4.90 Å². The topological polar surface area (TPSA) is 97.1 Å². The van der Waals surface area contributed by atoms with Crippen LogP contribution in [0.5, 0.6) is 0 Å². The fourth-order valence-electron chi connectivity index (χ4n) is 3.30. The lowest BCUT2D eigenvalue weighted by atomic mass is 10.1. The van der Waals surface area contributed by atoms with Crippen molar-refractivity contribution < 1.29 is 13.9 Å². The molecule has 1 atom stereocenters. The second-order valence-corrected chi connectivity index (χ2v) is 6.61. The monoisotopic (exact) mass is 331 g/mol. The zero-order chi connectivity index (χ0) is 16.7. The molecule has 1 fully saturated rings. The number of carbonyl (C=O) groups is 1. The number of H-pyrrole nitrogens is 1. The normalized spacial score (nSPS) is 20.6. The second kappa shape index (κ2) is 6.01. The SMILES string of the molecule is CC(C)c1nnc(C2COCCN2C(=O)c2n[nH]c3c2CCC3)o1. The van der Waals surface area contributed by atoms with E-state index in [1.807, 2.05) is 13.8 Å². The summed E-state index contributed by atoms with van der Waals surface area (Å²) in [5, 5.41) is 15.5. The average Bonchev–Trinajstić information content (AvgIpc) is 3.30. The summed E-state index contributed by atoms with van der Waals surface area (Å²) in [5.74, 6) is 1.06. The first-order valence-electron chi connectivity index (χ1n) is 8.43. The van der Waals surface area contributed by atoms with Crippen LogP contribution >= 0.6 is 0 Å². The Kier molecular flexibility index (Phi) is 3.84. The molecule has 1 amide bonds. The third-order valence-electron chi connectivity index (χ3n) is 4.63. The molecule has 128 valence electrons. The molecule has 0 aromatic carbocycles. The van der Waals surface area contributed by atoms with Crippen LogP contribution in [0.4, 0.5) is 0 Å². The van der Waals surface area contributed by atoms with Crippen LogP contribution in [0.15, 0.2) is 4.42 Å². The van der Waals surface area contributed by atoms with Crippen LogP contribution in [-0.4, -0.2) is 51.0 Å². The van der Waals surface area contributed by atoms with Gasteiger partial charge in [-0.25, -0.2) is 0 Å². The van der Waals surface area contributed by atoms with Crippen molar-refractivity contribution in [3.8, 4) is 0 Å². The maximum atomic E-state index is 13.0. The van der Waals surface area contributed by atoms with Crippen molar-refractivity contribution in [2.24, 2.45) is 0 Å². The minimum Gasteiger partial charge on any atom is -0.423 e. The zero-order valence-corrected chi connectivity index (χ0v) is 13.9. The summed E-state index contributed by atoms with van der Waals surface area (Å²) in [6.07, 6.45) is 2.93. The number of hydrogen-bond acceptors (Lipinski definition) is 6. The van der Waals surface area contributed by atoms with Gasteiger partial charge in [-0.2, -0.15) is 5.10 Å². The number of fused-ring (bicyclic) bond motifs is 1. The fraction of sp³-hybridized carbons (Fsp3) is 0.625. The number of ether oxygens (including phenoxy) is 1. The third kappa shape index (κ3) is 2.50. The molecule has 2 aromatic heterocycles. The first-order valence-corrected chi connectivity index (χ1v) is 8.43. The molecule has 4 rings (SSSR count). The van der Waals surface area contributed by atoms with Crippen LogP contribution in [0.3, 0.4) is 0 Å². The molecule has 24 heavy (non-hydrogen) atoms. The van der Waals surface area contributed by atoms with Gasteiger partial charge < -0.3 is 14.1 Å². The van der Waals surface area contributed by atoms with Crippen molar-refractivity contribution in [1.29, 1.82) is 0 Å². The molecule has 0 spiro atoms. The highest BCUT2D eigenvalue weighted by atomic mass is 16.5. The largest absolute Gasteiger partial charge is 0.423 e. The molecule has 3 heterocycles. The maximum Gasteiger partial charge on any atom is 0.275 e. The molecule has 1 N–H and O–H groups in total. The number of nitrogens with one attached hydrogen (secondary N) is 1. The lowest BCUT2D eigenvalue weighted by Gasteiger charge is -2.33. The Balaban J connectivity index is 1.62. The average molecular weight is 331 g/mol. The molecule has 0 bridgehead atoms. The minimum atomic E-state index is -0.361. The predicted octanol–water partition coefficient (Wildman–Crippen LogP) is 1.62. The Morgan fingerprint density at radius 2 is 2.21 bits per heavy atom. The zero-order valence-electron chi connectivity index (χ0n) is 13.9. The number of aryl methyl sites for hydroxylation is 1. The van der Waals surface area contributed by atoms with Gasteiger partial charge in [-0.3, -0.25) is 9.89 Å². The van der Waals surface area contributed by atoms with Gasteiger partial charge in [0.1, 0.15) is 6.04 Å². The van der Waals surface area contributed by atoms with Gasteiger partial charge in [-0.15, -0.1) is 10.2 Å². The minimum absolute atomic E-state index is 0.0907. The van der Waals surface area contributed by atoms with E-state index >= 15 is 0 Å². The highest BCUT2D eigenvalue weighted by molar-refractivity contribution is 5.94. The maximum absolute atomic E-state index is 13.0. The van der Waals surface area contributed by atoms with Crippen molar-refractivity contribution in [2.75, 3.05) is 19.8 Å². The number of nitrogens with zero attached hydrogens (tertiary/aromatic N) is 4. The van der Waals surface area contributed by atoms with E-state index < -0.39 is 0 Å². The molecule has 1 aliphatic carbocycles. The van der Waals surface area contributed by atoms with Gasteiger partial charge in [-0.05, 0) is 19.3 Å². The van der Waals surface area contributed by atoms with Gasteiger partial charge in [0.25, 0.3) is 5.91 Å². The van der Waals surface area contributed by atoms with Gasteiger partial charge in [-0.1, -0.05) is 13.8 Å². The van der Waals surface area contributed by atoms with E-state index in [2.05, 4.69) is 20.4 Å². The molecule has 2 aliphatic rings. The fourth-order valence-corrected chi connectivity index (χ4v) is 3.30. The van der Waals surface area contributed by atoms with Crippen LogP contribution in [0, 0.1) is 0 Å². The van der Waals surface area contributed by atoms with E-state index in [4.69, 9.17) is 9.15 Å². The van der Waals surface area contributed by atoms with E-state index in [0.717, 1.165) is 30.5 Å². The van der Waals surface area contributed by atoms with E-state index in [-0.39, 0.29) is 17.9 Å². The highest BCUT2D eigenvalue weighted by Crippen LogP contribution is 2.29. The van der Waals surface area contributed by atoms with Crippen LogP contribution in [0.2, 0.25) is 0 Å². The van der Waals surface area contributed by atoms with Crippen molar-refractivity contribution >= 4 is 5.91 Å². The second-order valence-electron chi connectivity index (χ2n) is 6.61. The quantitative estimate of drug-likeness (QED) is 0.918. The van der Waals surface area contributed by atoms with Crippen molar-refractivity contribution in [3.05, 3.63) is 28.7 Å². The van der Waals surface area contributed by atoms with Gasteiger partial charge in [0.2, 0.25) is 11.8 Å². The molecule has 0 saturated carbocycles. The van der Waals surface area contributed by atoms with Crippen molar-refractivity contribution in [2.45, 2.75) is 45.1 Å². The van der Waals surface area contributed by atoms with Gasteiger partial charge in [0, 0.05) is 23.7 Å². The van der Waals surface area contributed by atoms with Crippen molar-refractivity contribution in [3.63, 3.8) is 0 Å². The Labute approximate surface area is 139 Å². The summed E-state index contributed by atoms with van der Waals surface area (Å²) < 4.78 is 11.3. The third-order valence-corrected chi connectivity index (χ3v) is 4.63. The molecule has 1 unspecified atom stereocenters. The summed E-state index contributed by atoms with van der Waals surface area (Å²) in [4.78, 5) is 14.8. The Morgan fingerprint density at radius 1 is 1.33 bits per heavy atom. The van der Waals surface area contributed by atoms with Gasteiger partial charge in [0.05, 0.1) is 13.2 Å². The lowest BCUT2D eigenvalue weighted by molar-refractivity contribution is -0.0111. The summed E-state index contributed by atoms with van der Waals surface area (Å²) in [5.41, 5.74) is 2.67. The standard InChI is InChI=1S/C16H21N5O3/c1-9(2)14-19-20-15(24-14)12-8-23-7-6-21(12)16(22)13-10-4-3-5-11(10)17-18-13/h9,12H,3-8H2,1-2H3,(H,17,18). The number of morpholine rings is 1. The summed E-state index contributed by atoms with van der Waals surface area (Å²) >= 11 is 0. The molecular weight excluding hydrogens is 310 g/mol. The number of carbonyl (C=O) groups excluding carboxylic acids is 1. The Hall–Kier alpha value is -2.22. The first-order chi connectivity index (χ1) is 11.6. The molecule has 8 nitrogen and oxygen atoms in total. The Morgan fingerprint density at radius 3 is 3.00 bits per heavy atom. The van der Waals surface area contributed by atoms with Crippen LogP contribution < -0.4 is 0 Å². The van der Waals surface area contributed by atoms with Crippen LogP contribution in [0.1, 0.15) is 65.8 Å². The van der Waals surface area contributed by atoms with Gasteiger partial charge >= 0.3 is 0 Å². The van der Waals surface area contributed by atoms with E-state index in [1.165, 1.54) is 0 Å². The lowest BCUT2D eigenvalue weighted by Crippen LogP contribution is -2.44. The highest BCUT2D eigenvalue weighted by Gasteiger charge is 2.36. The molecule has 0 radical (unpaired) electrons. The summed E-state index contributed by atoms with van der Waals surface area (Å²) in [6.45, 7) is 5.33. The summed E-state index contributed by atoms with van der Waals surface area (Å²) in [7, 11) is 0. The van der Waals surface area contributed by atoms with E-state index in [9.17, 15) is 4.79 Å². The molecule has 8 heteroatoms. The number of rotatable bonds is 3. The van der Waals surface area contributed by atoms with Gasteiger partial charge in [0.15, 0.2) is 5.69 Å². The molecule has 1 saturated heterocycles. The smallest absolute Gasteiger partial charge is 0.275 e. The number of hydrogen-bond donors (Lipinski definition) is 1. The molecular formula is C16H21N5O3. The predicted molar refractivity (Wildman–Crippen MR) is 83.6 cm³/mol. The summed E-state index contributed by atoms with van der Waals surface area (Å²) in [6, 6.07) is -0.361. The molecule has 2 aromatic rings. The van der Waals surface area contributed by atoms with Crippen molar-refractivity contribution in [1.82, 2.24) is 25.3 Å². The first kappa shape index (κ1) is 15.3. The van der Waals surface area contributed by atoms with Crippen LogP contribution in [-0.2, 0) is 17.6 Å². The number of aromatic amines is 1. The Bertz CT molecular complexity index is 751. The van der Waals surface area contributed by atoms with Crippen LogP contribution in [0.25, 0.3) is 0 Å².